The Kier molecular flexibility index (Phi) is 5.95. The lowest BCUT2D eigenvalue weighted by molar-refractivity contribution is -0.116. The summed E-state index contributed by atoms with van der Waals surface area (Å²) >= 11 is 6.00. The molecule has 25 heavy (non-hydrogen) atoms. The highest BCUT2D eigenvalue weighted by molar-refractivity contribution is 6.31. The minimum atomic E-state index is 0.0378. The topological polar surface area (TPSA) is 35.6 Å². The number of nitrogens with zero attached hydrogens (tertiary/aromatic N) is 2. The SMILES string of the molecule is Cc1ccc(Cl)cc1NC(=O)CCN1CCN(c2ccccc2)CC1. The van der Waals surface area contributed by atoms with E-state index < -0.39 is 0 Å². The highest BCUT2D eigenvalue weighted by Crippen LogP contribution is 2.20. The second kappa shape index (κ2) is 8.37. The molecule has 0 saturated carbocycles. The van der Waals surface area contributed by atoms with E-state index in [-0.39, 0.29) is 5.91 Å². The first-order valence-corrected chi connectivity index (χ1v) is 9.08. The number of anilines is 2. The number of carbonyl (C=O) groups excluding carboxylic acids is 1. The first-order chi connectivity index (χ1) is 12.1. The molecule has 0 spiro atoms. The number of para-hydroxylation sites is 1. The molecular formula is C20H24ClN3O. The van der Waals surface area contributed by atoms with Gasteiger partial charge in [0.05, 0.1) is 0 Å². The third kappa shape index (κ3) is 4.97. The maximum absolute atomic E-state index is 12.2. The average molecular weight is 358 g/mol. The molecular weight excluding hydrogens is 334 g/mol. The van der Waals surface area contributed by atoms with Crippen LogP contribution in [0.5, 0.6) is 0 Å². The Labute approximate surface area is 154 Å². The van der Waals surface area contributed by atoms with Crippen LogP contribution in [0.2, 0.25) is 5.02 Å². The van der Waals surface area contributed by atoms with Gasteiger partial charge < -0.3 is 10.2 Å². The normalized spacial score (nSPS) is 15.2. The Morgan fingerprint density at radius 1 is 1.08 bits per heavy atom. The summed E-state index contributed by atoms with van der Waals surface area (Å²) in [5.41, 5.74) is 3.09. The summed E-state index contributed by atoms with van der Waals surface area (Å²) in [6.07, 6.45) is 0.497. The molecule has 2 aromatic rings. The fraction of sp³-hybridized carbons (Fsp3) is 0.350. The average Bonchev–Trinajstić information content (AvgIpc) is 2.64. The predicted octanol–water partition coefficient (Wildman–Crippen LogP) is 3.80. The molecule has 2 aromatic carbocycles. The minimum absolute atomic E-state index is 0.0378. The summed E-state index contributed by atoms with van der Waals surface area (Å²) in [4.78, 5) is 17.0. The lowest BCUT2D eigenvalue weighted by atomic mass is 10.2. The first kappa shape index (κ1) is 17.8. The summed E-state index contributed by atoms with van der Waals surface area (Å²) in [5, 5.41) is 3.60. The third-order valence-corrected chi connectivity index (χ3v) is 4.86. The van der Waals surface area contributed by atoms with E-state index in [1.165, 1.54) is 5.69 Å². The summed E-state index contributed by atoms with van der Waals surface area (Å²) in [6, 6.07) is 16.0. The van der Waals surface area contributed by atoms with Gasteiger partial charge in [-0.15, -0.1) is 0 Å². The fourth-order valence-corrected chi connectivity index (χ4v) is 3.24. The predicted molar refractivity (Wildman–Crippen MR) is 105 cm³/mol. The number of halogens is 1. The van der Waals surface area contributed by atoms with Crippen LogP contribution >= 0.6 is 11.6 Å². The third-order valence-electron chi connectivity index (χ3n) is 4.62. The molecule has 1 saturated heterocycles. The Hall–Kier alpha value is -2.04. The molecule has 1 fully saturated rings. The van der Waals surface area contributed by atoms with E-state index in [1.807, 2.05) is 25.1 Å². The van der Waals surface area contributed by atoms with Crippen LogP contribution in [0.25, 0.3) is 0 Å². The summed E-state index contributed by atoms with van der Waals surface area (Å²) in [5.74, 6) is 0.0378. The highest BCUT2D eigenvalue weighted by Gasteiger charge is 2.17. The molecule has 1 aliphatic rings. The molecule has 132 valence electrons. The number of piperazine rings is 1. The maximum Gasteiger partial charge on any atom is 0.225 e. The number of aryl methyl sites for hydroxylation is 1. The molecule has 1 heterocycles. The lowest BCUT2D eigenvalue weighted by Gasteiger charge is -2.36. The summed E-state index contributed by atoms with van der Waals surface area (Å²) in [7, 11) is 0. The fourth-order valence-electron chi connectivity index (χ4n) is 3.07. The minimum Gasteiger partial charge on any atom is -0.369 e. The van der Waals surface area contributed by atoms with E-state index in [1.54, 1.807) is 6.07 Å². The molecule has 1 aliphatic heterocycles. The van der Waals surface area contributed by atoms with Crippen molar-refractivity contribution in [3.05, 3.63) is 59.1 Å². The molecule has 1 N–H and O–H groups in total. The van der Waals surface area contributed by atoms with Gasteiger partial charge in [-0.05, 0) is 36.8 Å². The second-order valence-corrected chi connectivity index (χ2v) is 6.86. The van der Waals surface area contributed by atoms with Crippen LogP contribution in [0.1, 0.15) is 12.0 Å². The van der Waals surface area contributed by atoms with Crippen LogP contribution < -0.4 is 10.2 Å². The number of rotatable bonds is 5. The van der Waals surface area contributed by atoms with Crippen molar-refractivity contribution < 1.29 is 4.79 Å². The van der Waals surface area contributed by atoms with E-state index in [9.17, 15) is 4.79 Å². The molecule has 0 radical (unpaired) electrons. The van der Waals surface area contributed by atoms with E-state index in [0.717, 1.165) is 44.0 Å². The van der Waals surface area contributed by atoms with Crippen molar-refractivity contribution >= 4 is 28.9 Å². The van der Waals surface area contributed by atoms with E-state index in [0.29, 0.717) is 11.4 Å². The van der Waals surface area contributed by atoms with Crippen LogP contribution in [-0.4, -0.2) is 43.5 Å². The van der Waals surface area contributed by atoms with Crippen LogP contribution in [0.15, 0.2) is 48.5 Å². The number of benzene rings is 2. The van der Waals surface area contributed by atoms with Crippen molar-refractivity contribution in [1.82, 2.24) is 4.90 Å². The van der Waals surface area contributed by atoms with Gasteiger partial charge >= 0.3 is 0 Å². The van der Waals surface area contributed by atoms with E-state index in [2.05, 4.69) is 39.4 Å². The quantitative estimate of drug-likeness (QED) is 0.884. The van der Waals surface area contributed by atoms with Gasteiger partial charge in [-0.2, -0.15) is 0 Å². The standard InChI is InChI=1S/C20H24ClN3O/c1-16-7-8-17(21)15-19(16)22-20(25)9-10-23-11-13-24(14-12-23)18-5-3-2-4-6-18/h2-8,15H,9-14H2,1H3,(H,22,25). The Morgan fingerprint density at radius 3 is 2.52 bits per heavy atom. The second-order valence-electron chi connectivity index (χ2n) is 6.42. The van der Waals surface area contributed by atoms with Crippen LogP contribution in [0.3, 0.4) is 0 Å². The van der Waals surface area contributed by atoms with Gasteiger partial charge in [-0.25, -0.2) is 0 Å². The Bertz CT molecular complexity index is 712. The molecule has 5 heteroatoms. The van der Waals surface area contributed by atoms with Crippen LogP contribution in [0.4, 0.5) is 11.4 Å². The van der Waals surface area contributed by atoms with Crippen LogP contribution in [-0.2, 0) is 4.79 Å². The number of amides is 1. The Balaban J connectivity index is 1.44. The lowest BCUT2D eigenvalue weighted by Crippen LogP contribution is -2.47. The molecule has 3 rings (SSSR count). The zero-order chi connectivity index (χ0) is 17.6. The molecule has 0 bridgehead atoms. The number of nitrogens with one attached hydrogen (secondary N) is 1. The van der Waals surface area contributed by atoms with E-state index in [4.69, 9.17) is 11.6 Å². The van der Waals surface area contributed by atoms with Crippen molar-refractivity contribution in [2.45, 2.75) is 13.3 Å². The largest absolute Gasteiger partial charge is 0.369 e. The van der Waals surface area contributed by atoms with Gasteiger partial charge in [0, 0.05) is 55.5 Å². The Morgan fingerprint density at radius 2 is 1.80 bits per heavy atom. The summed E-state index contributed by atoms with van der Waals surface area (Å²) in [6.45, 7) is 6.72. The number of hydrogen-bond donors (Lipinski definition) is 1. The van der Waals surface area contributed by atoms with Gasteiger partial charge in [0.2, 0.25) is 5.91 Å². The van der Waals surface area contributed by atoms with Crippen molar-refractivity contribution in [1.29, 1.82) is 0 Å². The summed E-state index contributed by atoms with van der Waals surface area (Å²) < 4.78 is 0. The molecule has 0 unspecified atom stereocenters. The van der Waals surface area contributed by atoms with Crippen molar-refractivity contribution in [3.8, 4) is 0 Å². The van der Waals surface area contributed by atoms with Gasteiger partial charge in [0.15, 0.2) is 0 Å². The maximum atomic E-state index is 12.2. The first-order valence-electron chi connectivity index (χ1n) is 8.70. The highest BCUT2D eigenvalue weighted by atomic mass is 35.5. The molecule has 0 aromatic heterocycles. The molecule has 0 aliphatic carbocycles. The van der Waals surface area contributed by atoms with E-state index >= 15 is 0 Å². The van der Waals surface area contributed by atoms with Gasteiger partial charge in [0.25, 0.3) is 0 Å². The van der Waals surface area contributed by atoms with Crippen molar-refractivity contribution in [2.24, 2.45) is 0 Å². The van der Waals surface area contributed by atoms with Gasteiger partial charge in [0.1, 0.15) is 0 Å². The van der Waals surface area contributed by atoms with Crippen molar-refractivity contribution in [3.63, 3.8) is 0 Å². The molecule has 1 amide bonds. The van der Waals surface area contributed by atoms with Gasteiger partial charge in [-0.1, -0.05) is 35.9 Å². The smallest absolute Gasteiger partial charge is 0.225 e. The number of carbonyl (C=O) groups is 1. The molecule has 0 atom stereocenters. The zero-order valence-corrected chi connectivity index (χ0v) is 15.3. The molecule has 4 nitrogen and oxygen atoms in total. The monoisotopic (exact) mass is 357 g/mol. The van der Waals surface area contributed by atoms with Crippen molar-refractivity contribution in [2.75, 3.05) is 42.9 Å². The zero-order valence-electron chi connectivity index (χ0n) is 14.5. The van der Waals surface area contributed by atoms with Gasteiger partial charge in [-0.3, -0.25) is 9.69 Å². The van der Waals surface area contributed by atoms with Crippen LogP contribution in [0, 0.1) is 6.92 Å². The number of hydrogen-bond acceptors (Lipinski definition) is 3.